The summed E-state index contributed by atoms with van der Waals surface area (Å²) in [5.41, 5.74) is 2.09. The van der Waals surface area contributed by atoms with E-state index in [1.165, 1.54) is 12.0 Å². The van der Waals surface area contributed by atoms with Gasteiger partial charge in [0, 0.05) is 30.9 Å². The van der Waals surface area contributed by atoms with Crippen molar-refractivity contribution < 1.29 is 32.6 Å². The Morgan fingerprint density at radius 2 is 1.85 bits per heavy atom. The van der Waals surface area contributed by atoms with Gasteiger partial charge in [0.1, 0.15) is 0 Å². The minimum atomic E-state index is -4.72. The molecular formula is C29H31F3N4O4. The van der Waals surface area contributed by atoms with E-state index in [-0.39, 0.29) is 30.4 Å². The number of anilines is 2. The Hall–Kier alpha value is -4.15. The van der Waals surface area contributed by atoms with Crippen molar-refractivity contribution in [1.29, 1.82) is 0 Å². The number of nitrogens with zero attached hydrogens (tertiary/aromatic N) is 3. The van der Waals surface area contributed by atoms with Crippen LogP contribution in [0.1, 0.15) is 59.0 Å². The quantitative estimate of drug-likeness (QED) is 0.314. The normalized spacial score (nSPS) is 15.0. The van der Waals surface area contributed by atoms with E-state index in [0.717, 1.165) is 22.9 Å². The van der Waals surface area contributed by atoms with Crippen LogP contribution < -0.4 is 5.32 Å². The van der Waals surface area contributed by atoms with Gasteiger partial charge >= 0.3 is 18.2 Å². The summed E-state index contributed by atoms with van der Waals surface area (Å²) >= 11 is 0. The monoisotopic (exact) mass is 556 g/mol. The van der Waals surface area contributed by atoms with Crippen molar-refractivity contribution in [3.05, 3.63) is 82.7 Å². The number of halogens is 3. The first-order valence-electron chi connectivity index (χ1n) is 12.9. The molecule has 40 heavy (non-hydrogen) atoms. The van der Waals surface area contributed by atoms with Gasteiger partial charge in [-0.3, -0.25) is 4.79 Å². The van der Waals surface area contributed by atoms with E-state index >= 15 is 0 Å². The van der Waals surface area contributed by atoms with E-state index in [4.69, 9.17) is 9.84 Å². The molecule has 1 saturated heterocycles. The molecule has 2 aromatic carbocycles. The van der Waals surface area contributed by atoms with Gasteiger partial charge in [0.2, 0.25) is 5.95 Å². The van der Waals surface area contributed by atoms with Gasteiger partial charge < -0.3 is 20.1 Å². The summed E-state index contributed by atoms with van der Waals surface area (Å²) in [5, 5.41) is 12.1. The van der Waals surface area contributed by atoms with Crippen molar-refractivity contribution in [3.8, 4) is 0 Å². The second-order valence-corrected chi connectivity index (χ2v) is 9.95. The third-order valence-electron chi connectivity index (χ3n) is 7.12. The molecule has 1 atom stereocenters. The number of hydrogen-bond donors (Lipinski definition) is 2. The number of methoxy groups -OCH3 is 1. The Balaban J connectivity index is 1.58. The Kier molecular flexibility index (Phi) is 8.91. The second kappa shape index (κ2) is 12.4. The number of alkyl halides is 3. The van der Waals surface area contributed by atoms with Gasteiger partial charge in [0.25, 0.3) is 0 Å². The summed E-state index contributed by atoms with van der Waals surface area (Å²) in [6.45, 7) is 2.83. The van der Waals surface area contributed by atoms with Crippen LogP contribution >= 0.6 is 0 Å². The van der Waals surface area contributed by atoms with E-state index in [2.05, 4.69) is 15.3 Å². The number of carbonyl (C=O) groups excluding carboxylic acids is 1. The van der Waals surface area contributed by atoms with Crippen LogP contribution in [0.4, 0.5) is 29.6 Å². The van der Waals surface area contributed by atoms with E-state index < -0.39 is 29.7 Å². The van der Waals surface area contributed by atoms with Gasteiger partial charge in [-0.1, -0.05) is 42.0 Å². The highest BCUT2D eigenvalue weighted by Crippen LogP contribution is 2.37. The number of ether oxygens (including phenoxy) is 1. The van der Waals surface area contributed by atoms with Gasteiger partial charge in [0.15, 0.2) is 0 Å². The molecule has 0 bridgehead atoms. The summed E-state index contributed by atoms with van der Waals surface area (Å²) in [7, 11) is 1.20. The lowest BCUT2D eigenvalue weighted by atomic mass is 9.89. The topological polar surface area (TPSA) is 105 Å². The molecule has 0 aliphatic carbocycles. The highest BCUT2D eigenvalue weighted by Gasteiger charge is 2.38. The van der Waals surface area contributed by atoms with Gasteiger partial charge in [-0.25, -0.2) is 14.8 Å². The van der Waals surface area contributed by atoms with Crippen LogP contribution in [0.5, 0.6) is 0 Å². The van der Waals surface area contributed by atoms with Crippen molar-refractivity contribution in [2.24, 2.45) is 0 Å². The first-order chi connectivity index (χ1) is 19.0. The molecule has 1 unspecified atom stereocenters. The number of benzene rings is 2. The second-order valence-electron chi connectivity index (χ2n) is 9.95. The number of carbonyl (C=O) groups is 2. The Bertz CT molecular complexity index is 1340. The van der Waals surface area contributed by atoms with Gasteiger partial charge in [0.05, 0.1) is 24.8 Å². The van der Waals surface area contributed by atoms with Crippen LogP contribution in [-0.2, 0) is 22.1 Å². The largest absolute Gasteiger partial charge is 0.469 e. The summed E-state index contributed by atoms with van der Waals surface area (Å²) in [4.78, 5) is 32.9. The molecule has 1 amide bonds. The smallest absolute Gasteiger partial charge is 0.419 e. The summed E-state index contributed by atoms with van der Waals surface area (Å²) in [5.74, 6) is -1.33. The molecule has 0 radical (unpaired) electrons. The molecule has 3 aromatic rings. The first kappa shape index (κ1) is 28.8. The zero-order chi connectivity index (χ0) is 28.9. The van der Waals surface area contributed by atoms with Crippen LogP contribution in [0.3, 0.4) is 0 Å². The third kappa shape index (κ3) is 7.28. The summed E-state index contributed by atoms with van der Waals surface area (Å²) in [6.07, 6.45) is -3.57. The summed E-state index contributed by atoms with van der Waals surface area (Å²) in [6, 6.07) is 14.8. The van der Waals surface area contributed by atoms with E-state index in [1.807, 2.05) is 37.3 Å². The number of carboxylic acid groups (broad SMARTS) is 1. The van der Waals surface area contributed by atoms with Crippen LogP contribution in [0.2, 0.25) is 0 Å². The number of amides is 1. The van der Waals surface area contributed by atoms with Crippen molar-refractivity contribution in [3.63, 3.8) is 0 Å². The molecule has 11 heteroatoms. The maximum absolute atomic E-state index is 14.0. The molecular weight excluding hydrogens is 525 g/mol. The van der Waals surface area contributed by atoms with Crippen LogP contribution in [0.25, 0.3) is 0 Å². The summed E-state index contributed by atoms with van der Waals surface area (Å²) < 4.78 is 46.9. The average molecular weight is 557 g/mol. The SMILES string of the molecule is COC(=O)CC(Cc1cccc(C)c1)c1nc(Nc2ccc(C3CCN(C(=O)O)CC3)cc2)ncc1C(F)(F)F. The Morgan fingerprint density at radius 1 is 1.15 bits per heavy atom. The van der Waals surface area contributed by atoms with Gasteiger partial charge in [-0.05, 0) is 55.4 Å². The van der Waals surface area contributed by atoms with Crippen LogP contribution in [0.15, 0.2) is 54.7 Å². The highest BCUT2D eigenvalue weighted by atomic mass is 19.4. The maximum Gasteiger partial charge on any atom is 0.419 e. The molecule has 2 N–H and O–H groups in total. The minimum Gasteiger partial charge on any atom is -0.469 e. The maximum atomic E-state index is 14.0. The molecule has 1 aliphatic rings. The fraction of sp³-hybridized carbons (Fsp3) is 0.379. The zero-order valence-corrected chi connectivity index (χ0v) is 22.2. The average Bonchev–Trinajstić information content (AvgIpc) is 2.92. The van der Waals surface area contributed by atoms with E-state index in [1.54, 1.807) is 18.2 Å². The number of aromatic nitrogens is 2. The molecule has 212 valence electrons. The minimum absolute atomic E-state index is 0.0235. The lowest BCUT2D eigenvalue weighted by Gasteiger charge is -2.30. The van der Waals surface area contributed by atoms with Crippen molar-refractivity contribution in [1.82, 2.24) is 14.9 Å². The van der Waals surface area contributed by atoms with Crippen LogP contribution in [0, 0.1) is 6.92 Å². The number of rotatable bonds is 8. The highest BCUT2D eigenvalue weighted by molar-refractivity contribution is 5.70. The van der Waals surface area contributed by atoms with Gasteiger partial charge in [-0.2, -0.15) is 13.2 Å². The first-order valence-corrected chi connectivity index (χ1v) is 12.9. The van der Waals surface area contributed by atoms with Crippen LogP contribution in [-0.4, -0.2) is 52.2 Å². The number of likely N-dealkylation sites (tertiary alicyclic amines) is 1. The standard InChI is InChI=1S/C29H31F3N4O4/c1-18-4-3-5-19(14-18)15-22(16-25(37)40-2)26-24(29(30,31)32)17-33-27(35-26)34-23-8-6-20(7-9-23)21-10-12-36(13-11-21)28(38)39/h3-9,14,17,21-22H,10-13,15-16H2,1-2H3,(H,38,39)(H,33,34,35). The lowest BCUT2D eigenvalue weighted by Crippen LogP contribution is -2.36. The molecule has 8 nitrogen and oxygen atoms in total. The molecule has 2 heterocycles. The molecule has 1 aliphatic heterocycles. The Morgan fingerprint density at radius 3 is 2.45 bits per heavy atom. The molecule has 0 spiro atoms. The molecule has 0 saturated carbocycles. The number of aryl methyl sites for hydroxylation is 1. The number of piperidine rings is 1. The molecule has 1 fully saturated rings. The fourth-order valence-electron chi connectivity index (χ4n) is 5.03. The van der Waals surface area contributed by atoms with Crippen molar-refractivity contribution in [2.45, 2.75) is 50.6 Å². The zero-order valence-electron chi connectivity index (χ0n) is 22.2. The lowest BCUT2D eigenvalue weighted by molar-refractivity contribution is -0.143. The number of esters is 1. The molecule has 1 aromatic heterocycles. The molecule has 4 rings (SSSR count). The predicted octanol–water partition coefficient (Wildman–Crippen LogP) is 6.29. The van der Waals surface area contributed by atoms with Crippen molar-refractivity contribution >= 4 is 23.7 Å². The van der Waals surface area contributed by atoms with E-state index in [0.29, 0.717) is 31.6 Å². The predicted molar refractivity (Wildman–Crippen MR) is 143 cm³/mol. The third-order valence-corrected chi connectivity index (χ3v) is 7.12. The number of nitrogens with one attached hydrogen (secondary N) is 1. The van der Waals surface area contributed by atoms with Gasteiger partial charge in [-0.15, -0.1) is 0 Å². The van der Waals surface area contributed by atoms with E-state index in [9.17, 15) is 22.8 Å². The fourth-order valence-corrected chi connectivity index (χ4v) is 5.03. The van der Waals surface area contributed by atoms with Crippen molar-refractivity contribution in [2.75, 3.05) is 25.5 Å². The number of hydrogen-bond acceptors (Lipinski definition) is 6. The Labute approximate surface area is 230 Å².